The van der Waals surface area contributed by atoms with Gasteiger partial charge in [0.15, 0.2) is 0 Å². The summed E-state index contributed by atoms with van der Waals surface area (Å²) in [6, 6.07) is 0. The molecule has 0 aromatic rings. The molecule has 0 rings (SSSR count). The second-order valence-electron chi connectivity index (χ2n) is 3.41. The molecule has 0 fully saturated rings. The average molecular weight is 312 g/mol. The third kappa shape index (κ3) is 12.9. The third-order valence-corrected chi connectivity index (χ3v) is 1.67. The summed E-state index contributed by atoms with van der Waals surface area (Å²) in [5, 5.41) is 8.90. The van der Waals surface area contributed by atoms with Crippen LogP contribution in [0, 0.1) is 0 Å². The van der Waals surface area contributed by atoms with Gasteiger partial charge in [-0.1, -0.05) is 6.42 Å². The van der Waals surface area contributed by atoms with Gasteiger partial charge in [-0.3, -0.25) is 4.79 Å². The van der Waals surface area contributed by atoms with E-state index in [9.17, 15) is 31.1 Å². The first-order valence-corrected chi connectivity index (χ1v) is 5.28. The van der Waals surface area contributed by atoms with E-state index in [2.05, 4.69) is 0 Å². The highest BCUT2D eigenvalue weighted by Crippen LogP contribution is 2.14. The van der Waals surface area contributed by atoms with Crippen LogP contribution in [0.4, 0.5) is 26.3 Å². The lowest BCUT2D eigenvalue weighted by Gasteiger charge is -2.06. The standard InChI is InChI=1S/C7H13F3N2O.C2HF3O2/c8-7(9,10)6(13)12-5-3-1-2-4-11;3-2(4,5)1(6)7/h1-5,11H2,(H,12,13);(H,6,7). The topological polar surface area (TPSA) is 92.4 Å². The predicted molar refractivity (Wildman–Crippen MR) is 55.7 cm³/mol. The molecular formula is C9H14F6N2O3. The summed E-state index contributed by atoms with van der Waals surface area (Å²) in [5.74, 6) is -4.63. The summed E-state index contributed by atoms with van der Waals surface area (Å²) in [5.41, 5.74) is 5.17. The Balaban J connectivity index is 0. The summed E-state index contributed by atoms with van der Waals surface area (Å²) in [4.78, 5) is 19.1. The van der Waals surface area contributed by atoms with Crippen LogP contribution in [0.3, 0.4) is 0 Å². The Bertz CT molecular complexity index is 303. The Morgan fingerprint density at radius 3 is 1.70 bits per heavy atom. The number of alkyl halides is 6. The first kappa shape index (κ1) is 20.8. The van der Waals surface area contributed by atoms with Crippen molar-refractivity contribution in [3.8, 4) is 0 Å². The summed E-state index contributed by atoms with van der Waals surface area (Å²) in [6.07, 6.45) is -7.83. The van der Waals surface area contributed by atoms with Crippen molar-refractivity contribution in [1.29, 1.82) is 0 Å². The number of carbonyl (C=O) groups is 2. The molecule has 0 aromatic heterocycles. The molecule has 0 bridgehead atoms. The molecule has 0 saturated heterocycles. The molecule has 1 amide bonds. The van der Waals surface area contributed by atoms with Crippen molar-refractivity contribution >= 4 is 11.9 Å². The fourth-order valence-corrected chi connectivity index (χ4v) is 0.748. The van der Waals surface area contributed by atoms with Gasteiger partial charge < -0.3 is 16.2 Å². The molecule has 0 aromatic carbocycles. The highest BCUT2D eigenvalue weighted by atomic mass is 19.4. The molecule has 0 spiro atoms. The zero-order chi connectivity index (χ0) is 16.4. The van der Waals surface area contributed by atoms with E-state index < -0.39 is 24.2 Å². The number of rotatable bonds is 5. The molecule has 11 heteroatoms. The minimum atomic E-state index is -5.08. The molecule has 20 heavy (non-hydrogen) atoms. The van der Waals surface area contributed by atoms with Crippen LogP contribution in [0.1, 0.15) is 19.3 Å². The van der Waals surface area contributed by atoms with Crippen molar-refractivity contribution in [2.24, 2.45) is 5.73 Å². The van der Waals surface area contributed by atoms with Gasteiger partial charge in [0.2, 0.25) is 0 Å². The molecule has 0 radical (unpaired) electrons. The normalized spacial score (nSPS) is 11.3. The van der Waals surface area contributed by atoms with Crippen LogP contribution in [0.5, 0.6) is 0 Å². The molecule has 0 aliphatic carbocycles. The molecule has 0 atom stereocenters. The number of unbranched alkanes of at least 4 members (excludes halogenated alkanes) is 2. The van der Waals surface area contributed by atoms with Crippen LogP contribution in [-0.2, 0) is 9.59 Å². The van der Waals surface area contributed by atoms with Crippen LogP contribution in [0.15, 0.2) is 0 Å². The molecule has 0 unspecified atom stereocenters. The number of nitrogens with one attached hydrogen (secondary N) is 1. The maximum atomic E-state index is 11.6. The van der Waals surface area contributed by atoms with Crippen molar-refractivity contribution in [2.45, 2.75) is 31.6 Å². The number of aliphatic carboxylic acids is 1. The average Bonchev–Trinajstić information content (AvgIpc) is 2.26. The highest BCUT2D eigenvalue weighted by molar-refractivity contribution is 5.81. The van der Waals surface area contributed by atoms with Gasteiger partial charge in [-0.15, -0.1) is 0 Å². The Hall–Kier alpha value is -1.52. The van der Waals surface area contributed by atoms with Gasteiger partial charge >= 0.3 is 24.2 Å². The van der Waals surface area contributed by atoms with Crippen molar-refractivity contribution < 1.29 is 41.0 Å². The van der Waals surface area contributed by atoms with Gasteiger partial charge in [0.1, 0.15) is 0 Å². The van der Waals surface area contributed by atoms with Crippen molar-refractivity contribution in [1.82, 2.24) is 5.32 Å². The van der Waals surface area contributed by atoms with E-state index in [1.54, 1.807) is 5.32 Å². The Morgan fingerprint density at radius 2 is 1.40 bits per heavy atom. The van der Waals surface area contributed by atoms with Gasteiger partial charge in [0, 0.05) is 6.54 Å². The highest BCUT2D eigenvalue weighted by Gasteiger charge is 2.38. The van der Waals surface area contributed by atoms with Crippen molar-refractivity contribution in [2.75, 3.05) is 13.1 Å². The van der Waals surface area contributed by atoms with Crippen LogP contribution < -0.4 is 11.1 Å². The third-order valence-electron chi connectivity index (χ3n) is 1.67. The van der Waals surface area contributed by atoms with Gasteiger partial charge in [-0.05, 0) is 19.4 Å². The van der Waals surface area contributed by atoms with E-state index in [1.807, 2.05) is 0 Å². The fourth-order valence-electron chi connectivity index (χ4n) is 0.748. The lowest BCUT2D eigenvalue weighted by atomic mass is 10.2. The van der Waals surface area contributed by atoms with E-state index in [0.717, 1.165) is 12.8 Å². The van der Waals surface area contributed by atoms with Crippen LogP contribution >= 0.6 is 0 Å². The minimum Gasteiger partial charge on any atom is -0.475 e. The fraction of sp³-hybridized carbons (Fsp3) is 0.778. The largest absolute Gasteiger partial charge is 0.490 e. The number of carbonyl (C=O) groups excluding carboxylic acids is 1. The number of nitrogens with two attached hydrogens (primary N) is 1. The molecule has 120 valence electrons. The zero-order valence-electron chi connectivity index (χ0n) is 10.1. The summed E-state index contributed by atoms with van der Waals surface area (Å²) >= 11 is 0. The monoisotopic (exact) mass is 312 g/mol. The predicted octanol–water partition coefficient (Wildman–Crippen LogP) is 1.43. The smallest absolute Gasteiger partial charge is 0.475 e. The van der Waals surface area contributed by atoms with E-state index in [1.165, 1.54) is 0 Å². The van der Waals surface area contributed by atoms with Crippen molar-refractivity contribution in [3.05, 3.63) is 0 Å². The van der Waals surface area contributed by atoms with E-state index in [0.29, 0.717) is 13.0 Å². The molecule has 0 saturated carbocycles. The second-order valence-corrected chi connectivity index (χ2v) is 3.41. The Kier molecular flexibility index (Phi) is 9.77. The van der Waals surface area contributed by atoms with E-state index in [4.69, 9.17) is 15.6 Å². The molecule has 4 N–H and O–H groups in total. The minimum absolute atomic E-state index is 0.0539. The number of amides is 1. The Morgan fingerprint density at radius 1 is 0.950 bits per heavy atom. The van der Waals surface area contributed by atoms with Gasteiger partial charge in [-0.25, -0.2) is 4.79 Å². The first-order chi connectivity index (χ1) is 8.92. The SMILES string of the molecule is NCCCCCNC(=O)C(F)(F)F.O=C(O)C(F)(F)F. The van der Waals surface area contributed by atoms with Gasteiger partial charge in [0.25, 0.3) is 0 Å². The molecule has 0 heterocycles. The van der Waals surface area contributed by atoms with E-state index >= 15 is 0 Å². The maximum Gasteiger partial charge on any atom is 0.490 e. The van der Waals surface area contributed by atoms with Crippen LogP contribution in [0.2, 0.25) is 0 Å². The number of hydrogen-bond acceptors (Lipinski definition) is 3. The van der Waals surface area contributed by atoms with Crippen molar-refractivity contribution in [3.63, 3.8) is 0 Å². The lowest BCUT2D eigenvalue weighted by molar-refractivity contribution is -0.192. The maximum absolute atomic E-state index is 11.6. The lowest BCUT2D eigenvalue weighted by Crippen LogP contribution is -2.37. The molecular weight excluding hydrogens is 298 g/mol. The number of carboxylic acids is 1. The number of carboxylic acid groups (broad SMARTS) is 1. The Labute approximate surface area is 110 Å². The number of halogens is 6. The summed E-state index contributed by atoms with van der Waals surface area (Å²) in [7, 11) is 0. The number of hydrogen-bond donors (Lipinski definition) is 3. The second kappa shape index (κ2) is 9.39. The van der Waals surface area contributed by atoms with Crippen LogP contribution in [0.25, 0.3) is 0 Å². The summed E-state index contributed by atoms with van der Waals surface area (Å²) in [6.45, 7) is 0.575. The van der Waals surface area contributed by atoms with E-state index in [-0.39, 0.29) is 6.54 Å². The van der Waals surface area contributed by atoms with Gasteiger partial charge in [-0.2, -0.15) is 26.3 Å². The molecule has 0 aliphatic heterocycles. The molecule has 0 aliphatic rings. The summed E-state index contributed by atoms with van der Waals surface area (Å²) < 4.78 is 66.5. The first-order valence-electron chi connectivity index (χ1n) is 5.28. The zero-order valence-corrected chi connectivity index (χ0v) is 10.1. The molecule has 5 nitrogen and oxygen atoms in total. The van der Waals surface area contributed by atoms with Gasteiger partial charge in [0.05, 0.1) is 0 Å². The quantitative estimate of drug-likeness (QED) is 0.529. The van der Waals surface area contributed by atoms with Crippen LogP contribution in [-0.4, -0.2) is 42.4 Å².